The van der Waals surface area contributed by atoms with E-state index in [9.17, 15) is 0 Å². The molecule has 0 aliphatic carbocycles. The maximum absolute atomic E-state index is 2.50. The molecular weight excluding hydrogens is 727 g/mol. The van der Waals surface area contributed by atoms with E-state index in [4.69, 9.17) is 0 Å². The molecule has 4 rings (SSSR count). The summed E-state index contributed by atoms with van der Waals surface area (Å²) in [6.45, 7) is 39.8. The molecule has 4 unspecified atom stereocenters. The molecule has 0 amide bonds. The van der Waals surface area contributed by atoms with Gasteiger partial charge in [0.2, 0.25) is 0 Å². The van der Waals surface area contributed by atoms with Crippen molar-refractivity contribution in [2.45, 2.75) is 128 Å². The highest BCUT2D eigenvalue weighted by Gasteiger charge is 2.28. The van der Waals surface area contributed by atoms with Crippen LogP contribution in [0, 0.1) is 0 Å². The molecule has 6 heteroatoms. The van der Waals surface area contributed by atoms with Crippen molar-refractivity contribution in [1.82, 2.24) is 0 Å². The summed E-state index contributed by atoms with van der Waals surface area (Å²) < 4.78 is 0. The van der Waals surface area contributed by atoms with Crippen molar-refractivity contribution in [3.63, 3.8) is 0 Å². The predicted octanol–water partition coefficient (Wildman–Crippen LogP) is 13.2. The molecule has 0 N–H and O–H groups in total. The Bertz CT molecular complexity index is 1450. The molecule has 0 nitrogen and oxygen atoms in total. The van der Waals surface area contributed by atoms with Gasteiger partial charge >= 0.3 is 0 Å². The van der Waals surface area contributed by atoms with Crippen LogP contribution in [0.15, 0.2) is 97.1 Å². The quantitative estimate of drug-likeness (QED) is 0.0830. The maximum atomic E-state index is 2.50. The third-order valence-electron chi connectivity index (χ3n) is 12.6. The first kappa shape index (κ1) is 43.3. The van der Waals surface area contributed by atoms with E-state index in [1.165, 1.54) is 55.8 Å². The van der Waals surface area contributed by atoms with E-state index in [0.29, 0.717) is 22.2 Å². The maximum Gasteiger partial charge on any atom is 0.0517 e. The fraction of sp³-hybridized carbons (Fsp3) is 0.478. The van der Waals surface area contributed by atoms with E-state index in [2.05, 4.69) is 203 Å². The summed E-state index contributed by atoms with van der Waals surface area (Å²) >= 11 is 0. The molecule has 0 aliphatic heterocycles. The molecule has 0 spiro atoms. The zero-order valence-electron chi connectivity index (χ0n) is 35.9. The van der Waals surface area contributed by atoms with E-state index in [1.807, 2.05) is 0 Å². The molecule has 52 heavy (non-hydrogen) atoms. The summed E-state index contributed by atoms with van der Waals surface area (Å²) in [7, 11) is -6.10. The van der Waals surface area contributed by atoms with Crippen LogP contribution >= 0.6 is 15.8 Å². The van der Waals surface area contributed by atoms with Crippen molar-refractivity contribution in [2.24, 2.45) is 0 Å². The van der Waals surface area contributed by atoms with Gasteiger partial charge in [0.1, 0.15) is 0 Å². The van der Waals surface area contributed by atoms with Gasteiger partial charge in [0, 0.05) is 0 Å². The van der Waals surface area contributed by atoms with Crippen molar-refractivity contribution in [2.75, 3.05) is 12.3 Å². The topological polar surface area (TPSA) is 0 Å². The molecule has 0 saturated carbocycles. The lowest BCUT2D eigenvalue weighted by molar-refractivity contribution is 1.02. The van der Waals surface area contributed by atoms with E-state index < -0.39 is 48.1 Å². The molecule has 0 aliphatic rings. The Morgan fingerprint density at radius 1 is 0.308 bits per heavy atom. The van der Waals surface area contributed by atoms with Gasteiger partial charge in [-0.1, -0.05) is 203 Å². The number of hydrogen-bond donors (Lipinski definition) is 0. The molecule has 4 aromatic carbocycles. The molecular formula is C46H72P2Si4. The van der Waals surface area contributed by atoms with Gasteiger partial charge in [-0.2, -0.15) is 0 Å². The smallest absolute Gasteiger partial charge is 0.0517 e. The lowest BCUT2D eigenvalue weighted by Crippen LogP contribution is -2.29. The van der Waals surface area contributed by atoms with Crippen LogP contribution in [0.1, 0.15) is 72.1 Å². The van der Waals surface area contributed by atoms with Crippen molar-refractivity contribution in [1.29, 1.82) is 0 Å². The normalized spacial score (nSPS) is 16.5. The fourth-order valence-corrected chi connectivity index (χ4v) is 16.8. The molecule has 4 aromatic rings. The monoisotopic (exact) mass is 798 g/mol. The summed E-state index contributed by atoms with van der Waals surface area (Å²) in [5.74, 6) is 0. The number of benzene rings is 4. The van der Waals surface area contributed by atoms with Gasteiger partial charge in [-0.05, 0) is 93.8 Å². The third kappa shape index (κ3) is 11.1. The predicted molar refractivity (Wildman–Crippen MR) is 255 cm³/mol. The standard InChI is InChI=1S/C46H72P2Si4/c1-35(49(5,6)7)39-17-25-43(26-18-39)47(44-27-19-40(20-28-44)36(2)50(8,9)10)33-34-48(45-29-21-41(22-30-45)37(3)51(11,12)13)46-31-23-42(24-32-46)38(4)52(14,15)16/h17-32,35-38H,33-34H2,1-16H3. The molecule has 0 saturated heterocycles. The van der Waals surface area contributed by atoms with Crippen LogP contribution in [0.25, 0.3) is 0 Å². The van der Waals surface area contributed by atoms with Crippen LogP contribution in [0.2, 0.25) is 78.6 Å². The molecule has 4 atom stereocenters. The van der Waals surface area contributed by atoms with Gasteiger partial charge in [-0.3, -0.25) is 0 Å². The average Bonchev–Trinajstić information content (AvgIpc) is 3.08. The van der Waals surface area contributed by atoms with Crippen LogP contribution in [0.5, 0.6) is 0 Å². The van der Waals surface area contributed by atoms with E-state index in [1.54, 1.807) is 0 Å². The molecule has 0 bridgehead atoms. The van der Waals surface area contributed by atoms with Gasteiger partial charge in [0.15, 0.2) is 0 Å². The van der Waals surface area contributed by atoms with Crippen molar-refractivity contribution < 1.29 is 0 Å². The highest BCUT2D eigenvalue weighted by Crippen LogP contribution is 2.43. The molecule has 0 radical (unpaired) electrons. The van der Waals surface area contributed by atoms with Gasteiger partial charge in [-0.15, -0.1) is 0 Å². The van der Waals surface area contributed by atoms with Crippen LogP contribution in [-0.2, 0) is 0 Å². The summed E-state index contributed by atoms with van der Waals surface area (Å²) in [4.78, 5) is 0. The summed E-state index contributed by atoms with van der Waals surface area (Å²) in [6.07, 6.45) is 2.40. The molecule has 0 aromatic heterocycles. The zero-order valence-corrected chi connectivity index (χ0v) is 41.6. The van der Waals surface area contributed by atoms with Crippen molar-refractivity contribution >= 4 is 69.4 Å². The van der Waals surface area contributed by atoms with Gasteiger partial charge < -0.3 is 0 Å². The minimum Gasteiger partial charge on any atom is -0.0691 e. The Balaban J connectivity index is 1.75. The third-order valence-corrected chi connectivity index (χ3v) is 29.7. The Kier molecular flexibility index (Phi) is 14.3. The van der Waals surface area contributed by atoms with Crippen LogP contribution in [0.4, 0.5) is 0 Å². The summed E-state index contributed by atoms with van der Waals surface area (Å²) in [6, 6.07) is 39.7. The Hall–Kier alpha value is -1.39. The average molecular weight is 799 g/mol. The lowest BCUT2D eigenvalue weighted by atomic mass is 10.2. The van der Waals surface area contributed by atoms with Crippen LogP contribution in [0.3, 0.4) is 0 Å². The molecule has 0 heterocycles. The highest BCUT2D eigenvalue weighted by atomic mass is 31.1. The van der Waals surface area contributed by atoms with Crippen molar-refractivity contribution in [3.05, 3.63) is 119 Å². The lowest BCUT2D eigenvalue weighted by Gasteiger charge is -2.29. The minimum atomic E-state index is -1.28. The highest BCUT2D eigenvalue weighted by molar-refractivity contribution is 7.76. The minimum absolute atomic E-state index is 0.498. The number of hydrogen-bond acceptors (Lipinski definition) is 0. The SMILES string of the molecule is CC(c1ccc(P(CCP(c2ccc(C(C)[Si](C)(C)C)cc2)c2ccc(C(C)[Si](C)(C)C)cc2)c2ccc(C(C)[Si](C)(C)C)cc2)cc1)[Si](C)(C)C. The van der Waals surface area contributed by atoms with Crippen LogP contribution in [-0.4, -0.2) is 44.6 Å². The first-order chi connectivity index (χ1) is 24.0. The van der Waals surface area contributed by atoms with E-state index in [-0.39, 0.29) is 0 Å². The largest absolute Gasteiger partial charge is 0.0691 e. The van der Waals surface area contributed by atoms with Gasteiger partial charge in [-0.25, -0.2) is 0 Å². The Morgan fingerprint density at radius 3 is 0.596 bits per heavy atom. The van der Waals surface area contributed by atoms with Crippen LogP contribution < -0.4 is 21.2 Å². The second kappa shape index (κ2) is 17.2. The second-order valence-corrected chi connectivity index (χ2v) is 47.1. The first-order valence-electron chi connectivity index (χ1n) is 19.9. The van der Waals surface area contributed by atoms with E-state index in [0.717, 1.165) is 0 Å². The summed E-state index contributed by atoms with van der Waals surface area (Å²) in [5.41, 5.74) is 8.67. The van der Waals surface area contributed by atoms with Gasteiger partial charge in [0.25, 0.3) is 0 Å². The molecule has 0 fully saturated rings. The Labute approximate surface area is 327 Å². The summed E-state index contributed by atoms with van der Waals surface area (Å²) in [5, 5.41) is 6.12. The molecule has 282 valence electrons. The number of rotatable bonds is 15. The van der Waals surface area contributed by atoms with E-state index >= 15 is 0 Å². The first-order valence-corrected chi connectivity index (χ1v) is 37.3. The fourth-order valence-electron chi connectivity index (χ4n) is 6.79. The second-order valence-electron chi connectivity index (χ2n) is 20.0. The zero-order chi connectivity index (χ0) is 38.8. The van der Waals surface area contributed by atoms with Crippen molar-refractivity contribution in [3.8, 4) is 0 Å². The Morgan fingerprint density at radius 2 is 0.462 bits per heavy atom. The van der Waals surface area contributed by atoms with Gasteiger partial charge in [0.05, 0.1) is 32.3 Å².